The van der Waals surface area contributed by atoms with Gasteiger partial charge in [-0.15, -0.1) is 11.6 Å². The van der Waals surface area contributed by atoms with Crippen LogP contribution in [0.3, 0.4) is 0 Å². The molecule has 3 rings (SSSR count). The second-order valence-corrected chi connectivity index (χ2v) is 4.63. The molecule has 0 saturated heterocycles. The largest absolute Gasteiger partial charge is 4.00 e. The molecule has 1 atom stereocenters. The fourth-order valence-electron chi connectivity index (χ4n) is 1.99. The zero-order valence-corrected chi connectivity index (χ0v) is 17.1. The van der Waals surface area contributed by atoms with Gasteiger partial charge in [-0.3, -0.25) is 6.08 Å². The van der Waals surface area contributed by atoms with Crippen molar-refractivity contribution in [2.75, 3.05) is 0 Å². The van der Waals surface area contributed by atoms with Crippen molar-refractivity contribution in [3.8, 4) is 0 Å². The van der Waals surface area contributed by atoms with Crippen molar-refractivity contribution < 1.29 is 50.7 Å². The van der Waals surface area contributed by atoms with E-state index < -0.39 is 0 Å². The van der Waals surface area contributed by atoms with Gasteiger partial charge in [0.15, 0.2) is 0 Å². The smallest absolute Gasteiger partial charge is 1.00 e. The zero-order chi connectivity index (χ0) is 12.3. The molecule has 20 heavy (non-hydrogen) atoms. The molecule has 1 aliphatic rings. The molecule has 0 fully saturated rings. The van der Waals surface area contributed by atoms with E-state index in [1.807, 2.05) is 12.1 Å². The molecule has 0 spiro atoms. The van der Waals surface area contributed by atoms with E-state index in [4.69, 9.17) is 0 Å². The Balaban J connectivity index is 0. The van der Waals surface area contributed by atoms with Gasteiger partial charge in [-0.1, -0.05) is 37.5 Å². The number of halogens is 2. The SMILES string of the molecule is C[c-]1cccc1.Cc1ccc2c(c1)C=[C-]C2C.[Cl-].[Cl-].[Hf+4]. The summed E-state index contributed by atoms with van der Waals surface area (Å²) in [4.78, 5) is 0. The fraction of sp³-hybridized carbons (Fsp3) is 0.235. The minimum absolute atomic E-state index is 0. The van der Waals surface area contributed by atoms with Gasteiger partial charge in [-0.2, -0.15) is 23.3 Å². The van der Waals surface area contributed by atoms with Crippen LogP contribution in [0.25, 0.3) is 6.08 Å². The van der Waals surface area contributed by atoms with Gasteiger partial charge in [-0.05, 0) is 6.92 Å². The molecular weight excluding hydrogens is 454 g/mol. The number of hydrogen-bond donors (Lipinski definition) is 0. The topological polar surface area (TPSA) is 0 Å². The van der Waals surface area contributed by atoms with Crippen LogP contribution in [0.1, 0.15) is 35.1 Å². The van der Waals surface area contributed by atoms with E-state index >= 15 is 0 Å². The van der Waals surface area contributed by atoms with E-state index in [-0.39, 0.29) is 50.7 Å². The Morgan fingerprint density at radius 3 is 2.20 bits per heavy atom. The van der Waals surface area contributed by atoms with E-state index in [9.17, 15) is 0 Å². The molecule has 0 amide bonds. The molecule has 0 heterocycles. The van der Waals surface area contributed by atoms with E-state index in [2.05, 4.69) is 63.3 Å². The summed E-state index contributed by atoms with van der Waals surface area (Å²) < 4.78 is 0. The third-order valence-corrected chi connectivity index (χ3v) is 3.03. The first-order chi connectivity index (χ1) is 8.16. The first-order valence-corrected chi connectivity index (χ1v) is 6.05. The van der Waals surface area contributed by atoms with Crippen molar-refractivity contribution in [2.45, 2.75) is 26.7 Å². The summed E-state index contributed by atoms with van der Waals surface area (Å²) in [7, 11) is 0. The van der Waals surface area contributed by atoms with Crippen LogP contribution >= 0.6 is 0 Å². The summed E-state index contributed by atoms with van der Waals surface area (Å²) in [5.74, 6) is 0.491. The molecule has 0 saturated carbocycles. The van der Waals surface area contributed by atoms with E-state index in [0.29, 0.717) is 5.92 Å². The van der Waals surface area contributed by atoms with Crippen LogP contribution in [0.15, 0.2) is 42.5 Å². The molecular formula is C17H18Cl2Hf. The molecule has 1 unspecified atom stereocenters. The van der Waals surface area contributed by atoms with Crippen molar-refractivity contribution in [2.24, 2.45) is 0 Å². The van der Waals surface area contributed by atoms with Gasteiger partial charge in [-0.25, -0.2) is 18.2 Å². The standard InChI is InChI=1S/C11H11.C6H7.2ClH.Hf/c1-8-3-6-11-9(2)4-5-10(11)7-8;1-6-4-2-3-5-6;;;/h3,5-7,9H,1-2H3;2-5H,1H3;2*1H;/q2*-1;;;+4/p-2. The molecule has 2 aromatic carbocycles. The maximum absolute atomic E-state index is 3.29. The Morgan fingerprint density at radius 1 is 1.10 bits per heavy atom. The summed E-state index contributed by atoms with van der Waals surface area (Å²) in [6.07, 6.45) is 5.38. The minimum Gasteiger partial charge on any atom is -1.00 e. The summed E-state index contributed by atoms with van der Waals surface area (Å²) in [5.41, 5.74) is 5.43. The molecule has 2 aromatic rings. The average molecular weight is 472 g/mol. The van der Waals surface area contributed by atoms with Gasteiger partial charge >= 0.3 is 25.8 Å². The Labute approximate surface area is 153 Å². The molecule has 0 bridgehead atoms. The van der Waals surface area contributed by atoms with Crippen LogP contribution in [0, 0.1) is 19.9 Å². The van der Waals surface area contributed by atoms with E-state index in [1.54, 1.807) is 0 Å². The van der Waals surface area contributed by atoms with Gasteiger partial charge in [0, 0.05) is 0 Å². The van der Waals surface area contributed by atoms with Crippen LogP contribution in [0.4, 0.5) is 0 Å². The van der Waals surface area contributed by atoms with Crippen molar-refractivity contribution in [3.63, 3.8) is 0 Å². The Bertz CT molecular complexity index is 516. The van der Waals surface area contributed by atoms with Crippen molar-refractivity contribution in [1.82, 2.24) is 0 Å². The number of hydrogen-bond acceptors (Lipinski definition) is 0. The summed E-state index contributed by atoms with van der Waals surface area (Å²) in [5, 5.41) is 0. The molecule has 0 N–H and O–H groups in total. The van der Waals surface area contributed by atoms with Gasteiger partial charge in [0.25, 0.3) is 0 Å². The first kappa shape index (κ1) is 22.0. The minimum atomic E-state index is 0. The monoisotopic (exact) mass is 472 g/mol. The number of rotatable bonds is 0. The quantitative estimate of drug-likeness (QED) is 0.329. The second-order valence-electron chi connectivity index (χ2n) is 4.63. The van der Waals surface area contributed by atoms with Gasteiger partial charge in [0.1, 0.15) is 0 Å². The van der Waals surface area contributed by atoms with Crippen LogP contribution in [-0.2, 0) is 25.8 Å². The molecule has 1 aliphatic carbocycles. The van der Waals surface area contributed by atoms with Gasteiger partial charge in [0.05, 0.1) is 0 Å². The van der Waals surface area contributed by atoms with Gasteiger partial charge < -0.3 is 24.8 Å². The summed E-state index contributed by atoms with van der Waals surface area (Å²) in [6.45, 7) is 6.38. The summed E-state index contributed by atoms with van der Waals surface area (Å²) in [6, 6.07) is 14.8. The number of fused-ring (bicyclic) bond motifs is 1. The van der Waals surface area contributed by atoms with Crippen LogP contribution in [0.2, 0.25) is 0 Å². The Kier molecular flexibility index (Phi) is 11.6. The molecule has 0 aliphatic heterocycles. The predicted octanol–water partition coefficient (Wildman–Crippen LogP) is -1.35. The third kappa shape index (κ3) is 6.03. The number of aryl methyl sites for hydroxylation is 2. The maximum Gasteiger partial charge on any atom is 4.00 e. The van der Waals surface area contributed by atoms with E-state index in [1.165, 1.54) is 22.3 Å². The zero-order valence-electron chi connectivity index (χ0n) is 12.0. The van der Waals surface area contributed by atoms with Gasteiger partial charge in [0.2, 0.25) is 0 Å². The number of allylic oxidation sites excluding steroid dienone is 1. The normalized spacial score (nSPS) is 13.8. The molecule has 104 valence electrons. The summed E-state index contributed by atoms with van der Waals surface area (Å²) >= 11 is 0. The second kappa shape index (κ2) is 10.5. The Morgan fingerprint density at radius 2 is 1.70 bits per heavy atom. The first-order valence-electron chi connectivity index (χ1n) is 6.05. The third-order valence-electron chi connectivity index (χ3n) is 3.03. The Hall–Kier alpha value is -0.240. The number of benzene rings is 1. The molecule has 0 radical (unpaired) electrons. The van der Waals surface area contributed by atoms with Crippen molar-refractivity contribution in [1.29, 1.82) is 0 Å². The fourth-order valence-corrected chi connectivity index (χ4v) is 1.99. The average Bonchev–Trinajstić information content (AvgIpc) is 2.90. The molecule has 3 heteroatoms. The van der Waals surface area contributed by atoms with Crippen LogP contribution < -0.4 is 24.8 Å². The molecule has 0 aromatic heterocycles. The molecule has 0 nitrogen and oxygen atoms in total. The van der Waals surface area contributed by atoms with Crippen molar-refractivity contribution >= 4 is 6.08 Å². The van der Waals surface area contributed by atoms with Crippen LogP contribution in [-0.4, -0.2) is 0 Å². The van der Waals surface area contributed by atoms with Crippen LogP contribution in [0.5, 0.6) is 0 Å². The van der Waals surface area contributed by atoms with Crippen molar-refractivity contribution in [3.05, 3.63) is 70.8 Å². The maximum atomic E-state index is 3.29. The van der Waals surface area contributed by atoms with E-state index in [0.717, 1.165) is 0 Å². The predicted molar refractivity (Wildman–Crippen MR) is 74.1 cm³/mol.